The van der Waals surface area contributed by atoms with Gasteiger partial charge in [-0.1, -0.05) is 0 Å². The fourth-order valence-corrected chi connectivity index (χ4v) is 2.39. The maximum atomic E-state index is 11.7. The van der Waals surface area contributed by atoms with E-state index in [1.54, 1.807) is 0 Å². The van der Waals surface area contributed by atoms with Gasteiger partial charge in [0.25, 0.3) is 0 Å². The molecule has 0 aromatic carbocycles. The third-order valence-corrected chi connectivity index (χ3v) is 3.55. The molecule has 3 N–H and O–H groups in total. The molecule has 0 bridgehead atoms. The summed E-state index contributed by atoms with van der Waals surface area (Å²) in [6.07, 6.45) is 1.85. The molecule has 1 heterocycles. The zero-order chi connectivity index (χ0) is 13.8. The molecule has 1 aliphatic heterocycles. The lowest BCUT2D eigenvalue weighted by Gasteiger charge is -2.35. The van der Waals surface area contributed by atoms with Gasteiger partial charge in [0, 0.05) is 12.6 Å². The standard InChI is InChI=1S/C12H20N2O5/c1-2-19-8-3-7(4-8)13-12(17)14-10-6-18-5-9(10)11(15)16/h7-10H,2-6H2,1H3,(H,15,16)(H2,13,14,17). The van der Waals surface area contributed by atoms with E-state index >= 15 is 0 Å². The minimum Gasteiger partial charge on any atom is -0.481 e. The summed E-state index contributed by atoms with van der Waals surface area (Å²) in [4.78, 5) is 22.7. The van der Waals surface area contributed by atoms with Crippen molar-refractivity contribution in [2.24, 2.45) is 5.92 Å². The smallest absolute Gasteiger partial charge is 0.315 e. The molecular weight excluding hydrogens is 252 g/mol. The van der Waals surface area contributed by atoms with Crippen LogP contribution in [0.1, 0.15) is 19.8 Å². The summed E-state index contributed by atoms with van der Waals surface area (Å²) in [7, 11) is 0. The second-order valence-corrected chi connectivity index (χ2v) is 4.95. The third-order valence-electron chi connectivity index (χ3n) is 3.55. The second kappa shape index (κ2) is 6.21. The summed E-state index contributed by atoms with van der Waals surface area (Å²) in [6, 6.07) is -0.677. The van der Waals surface area contributed by atoms with Gasteiger partial charge in [0.1, 0.15) is 5.92 Å². The van der Waals surface area contributed by atoms with Crippen LogP contribution in [0.25, 0.3) is 0 Å². The summed E-state index contributed by atoms with van der Waals surface area (Å²) in [5.74, 6) is -1.61. The van der Waals surface area contributed by atoms with E-state index in [-0.39, 0.29) is 31.4 Å². The van der Waals surface area contributed by atoms with Crippen molar-refractivity contribution in [2.45, 2.75) is 38.0 Å². The molecule has 2 fully saturated rings. The van der Waals surface area contributed by atoms with Gasteiger partial charge in [0.05, 0.1) is 25.4 Å². The number of rotatable bonds is 5. The molecule has 1 aliphatic carbocycles. The van der Waals surface area contributed by atoms with E-state index in [2.05, 4.69) is 10.6 Å². The fourth-order valence-electron chi connectivity index (χ4n) is 2.39. The first-order valence-electron chi connectivity index (χ1n) is 6.59. The summed E-state index contributed by atoms with van der Waals surface area (Å²) in [5, 5.41) is 14.4. The van der Waals surface area contributed by atoms with E-state index < -0.39 is 17.9 Å². The lowest BCUT2D eigenvalue weighted by atomic mass is 9.89. The minimum absolute atomic E-state index is 0.113. The van der Waals surface area contributed by atoms with Crippen molar-refractivity contribution in [1.29, 1.82) is 0 Å². The predicted molar refractivity (Wildman–Crippen MR) is 65.8 cm³/mol. The zero-order valence-electron chi connectivity index (χ0n) is 10.9. The molecule has 0 spiro atoms. The number of nitrogens with one attached hydrogen (secondary N) is 2. The number of carbonyl (C=O) groups is 2. The molecule has 7 nitrogen and oxygen atoms in total. The number of amides is 2. The highest BCUT2D eigenvalue weighted by molar-refractivity contribution is 5.77. The van der Waals surface area contributed by atoms with Gasteiger partial charge in [0.15, 0.2) is 0 Å². The quantitative estimate of drug-likeness (QED) is 0.652. The molecule has 7 heteroatoms. The molecule has 0 aromatic rings. The number of carbonyl (C=O) groups excluding carboxylic acids is 1. The molecule has 108 valence electrons. The maximum Gasteiger partial charge on any atom is 0.315 e. The second-order valence-electron chi connectivity index (χ2n) is 4.95. The molecule has 0 aromatic heterocycles. The number of urea groups is 1. The van der Waals surface area contributed by atoms with Gasteiger partial charge in [-0.25, -0.2) is 4.79 Å². The van der Waals surface area contributed by atoms with Crippen molar-refractivity contribution in [3.05, 3.63) is 0 Å². The Kier molecular flexibility index (Phi) is 4.60. The van der Waals surface area contributed by atoms with Crippen molar-refractivity contribution in [2.75, 3.05) is 19.8 Å². The van der Waals surface area contributed by atoms with Crippen LogP contribution in [0.5, 0.6) is 0 Å². The van der Waals surface area contributed by atoms with Crippen molar-refractivity contribution in [3.8, 4) is 0 Å². The average Bonchev–Trinajstić information content (AvgIpc) is 2.74. The Hall–Kier alpha value is -1.34. The highest BCUT2D eigenvalue weighted by Gasteiger charge is 2.36. The zero-order valence-corrected chi connectivity index (χ0v) is 10.9. The average molecular weight is 272 g/mol. The number of ether oxygens (including phenoxy) is 2. The number of carboxylic acids is 1. The van der Waals surface area contributed by atoms with Gasteiger partial charge in [-0.3, -0.25) is 4.79 Å². The molecule has 2 amide bonds. The van der Waals surface area contributed by atoms with Crippen molar-refractivity contribution in [3.63, 3.8) is 0 Å². The van der Waals surface area contributed by atoms with E-state index in [1.165, 1.54) is 0 Å². The van der Waals surface area contributed by atoms with Crippen LogP contribution in [-0.4, -0.2) is 55.1 Å². The first-order chi connectivity index (χ1) is 9.10. The summed E-state index contributed by atoms with van der Waals surface area (Å²) in [6.45, 7) is 3.02. The number of hydrogen-bond donors (Lipinski definition) is 3. The molecule has 2 rings (SSSR count). The Morgan fingerprint density at radius 2 is 2.05 bits per heavy atom. The number of carboxylic acid groups (broad SMARTS) is 1. The molecule has 2 aliphatic rings. The first-order valence-corrected chi connectivity index (χ1v) is 6.59. The van der Waals surface area contributed by atoms with E-state index in [0.29, 0.717) is 6.61 Å². The van der Waals surface area contributed by atoms with E-state index in [9.17, 15) is 9.59 Å². The molecule has 0 radical (unpaired) electrons. The van der Waals surface area contributed by atoms with Crippen LogP contribution in [0, 0.1) is 5.92 Å². The van der Waals surface area contributed by atoms with Crippen LogP contribution >= 0.6 is 0 Å². The van der Waals surface area contributed by atoms with Gasteiger partial charge in [0.2, 0.25) is 0 Å². The van der Waals surface area contributed by atoms with Crippen LogP contribution in [0.15, 0.2) is 0 Å². The minimum atomic E-state index is -0.942. The molecule has 2 atom stereocenters. The molecular formula is C12H20N2O5. The van der Waals surface area contributed by atoms with E-state index in [0.717, 1.165) is 12.8 Å². The van der Waals surface area contributed by atoms with Gasteiger partial charge in [-0.2, -0.15) is 0 Å². The Bertz CT molecular complexity index is 343. The van der Waals surface area contributed by atoms with E-state index in [4.69, 9.17) is 14.6 Å². The molecule has 19 heavy (non-hydrogen) atoms. The highest BCUT2D eigenvalue weighted by Crippen LogP contribution is 2.23. The molecule has 2 unspecified atom stereocenters. The lowest BCUT2D eigenvalue weighted by Crippen LogP contribution is -2.54. The predicted octanol–water partition coefficient (Wildman–Crippen LogP) is -0.0473. The van der Waals surface area contributed by atoms with Crippen LogP contribution < -0.4 is 10.6 Å². The lowest BCUT2D eigenvalue weighted by molar-refractivity contribution is -0.142. The summed E-state index contributed by atoms with van der Waals surface area (Å²) in [5.41, 5.74) is 0. The summed E-state index contributed by atoms with van der Waals surface area (Å²) < 4.78 is 10.5. The monoisotopic (exact) mass is 272 g/mol. The largest absolute Gasteiger partial charge is 0.481 e. The van der Waals surface area contributed by atoms with Gasteiger partial charge in [-0.05, 0) is 19.8 Å². The Morgan fingerprint density at radius 3 is 2.68 bits per heavy atom. The van der Waals surface area contributed by atoms with Gasteiger partial charge < -0.3 is 25.2 Å². The van der Waals surface area contributed by atoms with Gasteiger partial charge >= 0.3 is 12.0 Å². The van der Waals surface area contributed by atoms with Crippen LogP contribution in [0.3, 0.4) is 0 Å². The summed E-state index contributed by atoms with van der Waals surface area (Å²) >= 11 is 0. The van der Waals surface area contributed by atoms with Crippen molar-refractivity contribution in [1.82, 2.24) is 10.6 Å². The molecule has 1 saturated heterocycles. The Labute approximate surface area is 111 Å². The van der Waals surface area contributed by atoms with Crippen LogP contribution in [-0.2, 0) is 14.3 Å². The Balaban J connectivity index is 1.69. The van der Waals surface area contributed by atoms with Crippen LogP contribution in [0.2, 0.25) is 0 Å². The van der Waals surface area contributed by atoms with Crippen LogP contribution in [0.4, 0.5) is 4.79 Å². The topological polar surface area (TPSA) is 96.9 Å². The van der Waals surface area contributed by atoms with E-state index in [1.807, 2.05) is 6.92 Å². The third kappa shape index (κ3) is 3.57. The SMILES string of the molecule is CCOC1CC(NC(=O)NC2COCC2C(=O)O)C1. The molecule has 1 saturated carbocycles. The number of hydrogen-bond acceptors (Lipinski definition) is 4. The first kappa shape index (κ1) is 14.1. The Morgan fingerprint density at radius 1 is 1.32 bits per heavy atom. The highest BCUT2D eigenvalue weighted by atomic mass is 16.5. The fraction of sp³-hybridized carbons (Fsp3) is 0.833. The maximum absolute atomic E-state index is 11.7. The van der Waals surface area contributed by atoms with Crippen molar-refractivity contribution >= 4 is 12.0 Å². The van der Waals surface area contributed by atoms with Crippen molar-refractivity contribution < 1.29 is 24.2 Å². The number of aliphatic carboxylic acids is 1. The normalized spacial score (nSPS) is 33.5. The van der Waals surface area contributed by atoms with Gasteiger partial charge in [-0.15, -0.1) is 0 Å².